The predicted molar refractivity (Wildman–Crippen MR) is 119 cm³/mol. The molecule has 2 aromatic heterocycles. The summed E-state index contributed by atoms with van der Waals surface area (Å²) >= 11 is 5.80. The summed E-state index contributed by atoms with van der Waals surface area (Å²) in [5.41, 5.74) is 5.82. The largest absolute Gasteiger partial charge is 0.351 e. The van der Waals surface area contributed by atoms with E-state index in [4.69, 9.17) is 12.2 Å². The Kier molecular flexibility index (Phi) is 4.94. The Morgan fingerprint density at radius 2 is 1.82 bits per heavy atom. The number of benzene rings is 1. The summed E-state index contributed by atoms with van der Waals surface area (Å²) in [4.78, 5) is 6.87. The number of rotatable bonds is 4. The normalized spacial score (nSPS) is 19.3. The minimum Gasteiger partial charge on any atom is -0.351 e. The van der Waals surface area contributed by atoms with Gasteiger partial charge >= 0.3 is 0 Å². The molecule has 1 aromatic carbocycles. The number of aromatic nitrogens is 2. The first-order chi connectivity index (χ1) is 13.4. The van der Waals surface area contributed by atoms with E-state index in [1.807, 2.05) is 18.3 Å². The third-order valence-corrected chi connectivity index (χ3v) is 5.57. The number of anilines is 1. The topological polar surface area (TPSA) is 33.1 Å². The molecule has 0 spiro atoms. The van der Waals surface area contributed by atoms with E-state index >= 15 is 0 Å². The molecule has 28 heavy (non-hydrogen) atoms. The summed E-state index contributed by atoms with van der Waals surface area (Å²) in [6, 6.07) is 15.3. The maximum absolute atomic E-state index is 5.80. The van der Waals surface area contributed by atoms with Crippen LogP contribution in [0.5, 0.6) is 0 Å². The van der Waals surface area contributed by atoms with E-state index in [0.29, 0.717) is 6.04 Å². The van der Waals surface area contributed by atoms with Crippen molar-refractivity contribution in [3.63, 3.8) is 0 Å². The first-order valence-electron chi connectivity index (χ1n) is 9.70. The molecule has 5 heteroatoms. The number of nitrogens with zero attached hydrogens (tertiary/aromatic N) is 3. The van der Waals surface area contributed by atoms with Crippen LogP contribution in [-0.4, -0.2) is 14.7 Å². The first kappa shape index (κ1) is 18.7. The van der Waals surface area contributed by atoms with Crippen LogP contribution >= 0.6 is 12.2 Å². The second kappa shape index (κ2) is 7.40. The van der Waals surface area contributed by atoms with Crippen LogP contribution in [0.2, 0.25) is 0 Å². The molecule has 0 saturated carbocycles. The van der Waals surface area contributed by atoms with E-state index in [-0.39, 0.29) is 12.1 Å². The van der Waals surface area contributed by atoms with Gasteiger partial charge < -0.3 is 14.8 Å². The number of thiocarbonyl (C=S) groups is 1. The van der Waals surface area contributed by atoms with Crippen molar-refractivity contribution < 1.29 is 0 Å². The molecule has 0 radical (unpaired) electrons. The maximum atomic E-state index is 5.80. The van der Waals surface area contributed by atoms with Crippen molar-refractivity contribution in [1.82, 2.24) is 14.9 Å². The van der Waals surface area contributed by atoms with Gasteiger partial charge in [0.05, 0.1) is 17.8 Å². The highest BCUT2D eigenvalue weighted by Crippen LogP contribution is 2.42. The Bertz CT molecular complexity index is 973. The third kappa shape index (κ3) is 3.42. The molecule has 4 rings (SSSR count). The Morgan fingerprint density at radius 1 is 1.07 bits per heavy atom. The molecular formula is C23H26N4S. The van der Waals surface area contributed by atoms with E-state index in [9.17, 15) is 0 Å². The predicted octanol–water partition coefficient (Wildman–Crippen LogP) is 5.26. The fraction of sp³-hybridized carbons (Fsp3) is 0.304. The van der Waals surface area contributed by atoms with Crippen LogP contribution in [0.1, 0.15) is 54.4 Å². The van der Waals surface area contributed by atoms with Crippen molar-refractivity contribution in [3.05, 3.63) is 83.4 Å². The van der Waals surface area contributed by atoms with Crippen molar-refractivity contribution in [1.29, 1.82) is 0 Å². The summed E-state index contributed by atoms with van der Waals surface area (Å²) < 4.78 is 2.24. The third-order valence-electron chi connectivity index (χ3n) is 5.26. The fourth-order valence-corrected chi connectivity index (χ4v) is 4.33. The molecular weight excluding hydrogens is 364 g/mol. The monoisotopic (exact) mass is 390 g/mol. The molecule has 2 atom stereocenters. The Labute approximate surface area is 172 Å². The molecule has 1 aliphatic heterocycles. The van der Waals surface area contributed by atoms with Crippen LogP contribution in [0.25, 0.3) is 0 Å². The fourth-order valence-electron chi connectivity index (χ4n) is 3.99. The highest BCUT2D eigenvalue weighted by atomic mass is 32.1. The zero-order valence-corrected chi connectivity index (χ0v) is 17.6. The quantitative estimate of drug-likeness (QED) is 0.616. The highest BCUT2D eigenvalue weighted by molar-refractivity contribution is 7.80. The van der Waals surface area contributed by atoms with Gasteiger partial charge in [-0.15, -0.1) is 0 Å². The summed E-state index contributed by atoms with van der Waals surface area (Å²) in [5.74, 6) is 0. The van der Waals surface area contributed by atoms with E-state index in [1.165, 1.54) is 16.7 Å². The summed E-state index contributed by atoms with van der Waals surface area (Å²) in [6.45, 7) is 8.64. The molecule has 1 saturated heterocycles. The van der Waals surface area contributed by atoms with E-state index in [2.05, 4.69) is 90.2 Å². The van der Waals surface area contributed by atoms with Gasteiger partial charge in [-0.1, -0.05) is 12.1 Å². The summed E-state index contributed by atoms with van der Waals surface area (Å²) in [5, 5.41) is 4.27. The summed E-state index contributed by atoms with van der Waals surface area (Å²) in [6.07, 6.45) is 6.23. The molecule has 1 N–H and O–H groups in total. The Hall–Kier alpha value is -2.66. The van der Waals surface area contributed by atoms with Crippen LogP contribution in [0.3, 0.4) is 0 Å². The highest BCUT2D eigenvalue weighted by Gasteiger charge is 2.41. The van der Waals surface area contributed by atoms with Gasteiger partial charge in [-0.2, -0.15) is 0 Å². The second-order valence-electron chi connectivity index (χ2n) is 7.83. The van der Waals surface area contributed by atoms with Gasteiger partial charge in [-0.05, 0) is 86.9 Å². The lowest BCUT2D eigenvalue weighted by Crippen LogP contribution is -2.29. The van der Waals surface area contributed by atoms with Gasteiger partial charge in [-0.3, -0.25) is 4.98 Å². The number of hydrogen-bond acceptors (Lipinski definition) is 2. The molecule has 0 bridgehead atoms. The van der Waals surface area contributed by atoms with Gasteiger partial charge in [-0.25, -0.2) is 0 Å². The maximum Gasteiger partial charge on any atom is 0.174 e. The van der Waals surface area contributed by atoms with Gasteiger partial charge in [0.2, 0.25) is 0 Å². The van der Waals surface area contributed by atoms with Gasteiger partial charge in [0.1, 0.15) is 0 Å². The standard InChI is InChI=1S/C23H26N4S/c1-15(2)26-10-8-18(14-26)22-21(20-7-5-6-9-24-20)25-23(28)27(22)19-12-16(3)11-17(4)13-19/h5-15,21-22H,1-4H3,(H,25,28)/t21-,22-/m1/s1. The smallest absolute Gasteiger partial charge is 0.174 e. The molecule has 0 amide bonds. The summed E-state index contributed by atoms with van der Waals surface area (Å²) in [7, 11) is 0. The van der Waals surface area contributed by atoms with Crippen LogP contribution in [-0.2, 0) is 0 Å². The minimum absolute atomic E-state index is 0.00229. The van der Waals surface area contributed by atoms with Crippen molar-refractivity contribution >= 4 is 23.0 Å². The number of pyridine rings is 1. The molecule has 144 valence electrons. The molecule has 4 nitrogen and oxygen atoms in total. The van der Waals surface area contributed by atoms with E-state index in [1.54, 1.807) is 0 Å². The van der Waals surface area contributed by atoms with E-state index in [0.717, 1.165) is 16.5 Å². The molecule has 1 fully saturated rings. The Balaban J connectivity index is 1.84. The SMILES string of the molecule is Cc1cc(C)cc(N2C(=S)N[C@H](c3ccccn3)[C@H]2c2ccn(C(C)C)c2)c1. The lowest BCUT2D eigenvalue weighted by atomic mass is 9.98. The molecule has 0 aliphatic carbocycles. The van der Waals surface area contributed by atoms with Gasteiger partial charge in [0.25, 0.3) is 0 Å². The van der Waals surface area contributed by atoms with Crippen LogP contribution in [0, 0.1) is 13.8 Å². The van der Waals surface area contributed by atoms with Gasteiger partial charge in [0.15, 0.2) is 5.11 Å². The zero-order valence-electron chi connectivity index (χ0n) is 16.8. The molecule has 3 heterocycles. The number of hydrogen-bond donors (Lipinski definition) is 1. The zero-order chi connectivity index (χ0) is 19.8. The van der Waals surface area contributed by atoms with Crippen molar-refractivity contribution in [3.8, 4) is 0 Å². The van der Waals surface area contributed by atoms with Crippen LogP contribution in [0.4, 0.5) is 5.69 Å². The van der Waals surface area contributed by atoms with Gasteiger partial charge in [0, 0.05) is 30.3 Å². The molecule has 1 aliphatic rings. The van der Waals surface area contributed by atoms with Crippen molar-refractivity contribution in [2.24, 2.45) is 0 Å². The van der Waals surface area contributed by atoms with Crippen LogP contribution in [0.15, 0.2) is 61.1 Å². The van der Waals surface area contributed by atoms with Crippen molar-refractivity contribution in [2.75, 3.05) is 4.90 Å². The lowest BCUT2D eigenvalue weighted by molar-refractivity contribution is 0.560. The lowest BCUT2D eigenvalue weighted by Gasteiger charge is -2.28. The van der Waals surface area contributed by atoms with Crippen molar-refractivity contribution in [2.45, 2.75) is 45.8 Å². The average molecular weight is 391 g/mol. The number of nitrogens with one attached hydrogen (secondary N) is 1. The minimum atomic E-state index is -0.00229. The van der Waals surface area contributed by atoms with E-state index < -0.39 is 0 Å². The molecule has 0 unspecified atom stereocenters. The van der Waals surface area contributed by atoms with Crippen LogP contribution < -0.4 is 10.2 Å². The Morgan fingerprint density at radius 3 is 2.43 bits per heavy atom. The molecule has 3 aromatic rings. The second-order valence-corrected chi connectivity index (χ2v) is 8.22. The number of aryl methyl sites for hydroxylation is 2. The first-order valence-corrected chi connectivity index (χ1v) is 10.1. The average Bonchev–Trinajstić information content (AvgIpc) is 3.26.